The van der Waals surface area contributed by atoms with E-state index in [1.807, 2.05) is 5.38 Å². The molecule has 1 aliphatic heterocycles. The summed E-state index contributed by atoms with van der Waals surface area (Å²) in [5.74, 6) is 4.58. The molecule has 2 aromatic rings. The number of anilines is 1. The molecule has 0 unspecified atom stereocenters. The average Bonchev–Trinajstić information content (AvgIpc) is 3.14. The number of thiazole rings is 1. The van der Waals surface area contributed by atoms with E-state index in [1.54, 1.807) is 22.4 Å². The number of halogens is 3. The Morgan fingerprint density at radius 3 is 2.60 bits per heavy atom. The van der Waals surface area contributed by atoms with Crippen molar-refractivity contribution in [2.24, 2.45) is 0 Å². The first-order valence-electron chi connectivity index (χ1n) is 7.56. The molecule has 3 rings (SSSR count). The Labute approximate surface area is 146 Å². The van der Waals surface area contributed by atoms with E-state index in [4.69, 9.17) is 0 Å². The van der Waals surface area contributed by atoms with Crippen molar-refractivity contribution in [2.75, 3.05) is 31.1 Å². The summed E-state index contributed by atoms with van der Waals surface area (Å²) in [6, 6.07) is 4.66. The second-order valence-electron chi connectivity index (χ2n) is 5.42. The van der Waals surface area contributed by atoms with Crippen LogP contribution < -0.4 is 4.90 Å². The summed E-state index contributed by atoms with van der Waals surface area (Å²) in [5, 5.41) is 2.81. The van der Waals surface area contributed by atoms with E-state index < -0.39 is 11.7 Å². The number of piperazine rings is 1. The molecular formula is C17H14F3N3OS. The summed E-state index contributed by atoms with van der Waals surface area (Å²) in [6.45, 7) is 2.33. The maximum atomic E-state index is 12.7. The van der Waals surface area contributed by atoms with E-state index in [2.05, 4.69) is 21.7 Å². The Hall–Kier alpha value is -2.53. The summed E-state index contributed by atoms with van der Waals surface area (Å²) >= 11 is 1.54. The largest absolute Gasteiger partial charge is 0.416 e. The van der Waals surface area contributed by atoms with Crippen molar-refractivity contribution < 1.29 is 18.0 Å². The lowest BCUT2D eigenvalue weighted by molar-refractivity contribution is -0.137. The van der Waals surface area contributed by atoms with Gasteiger partial charge in [0.25, 0.3) is 5.91 Å². The van der Waals surface area contributed by atoms with E-state index in [0.717, 1.165) is 17.3 Å². The van der Waals surface area contributed by atoms with Crippen LogP contribution in [0.25, 0.3) is 0 Å². The zero-order valence-corrected chi connectivity index (χ0v) is 13.9. The highest BCUT2D eigenvalue weighted by Crippen LogP contribution is 2.29. The van der Waals surface area contributed by atoms with Gasteiger partial charge in [-0.3, -0.25) is 4.79 Å². The molecule has 0 bridgehead atoms. The van der Waals surface area contributed by atoms with E-state index >= 15 is 0 Å². The Bertz CT molecular complexity index is 801. The fourth-order valence-corrected chi connectivity index (χ4v) is 3.15. The number of rotatable bonds is 1. The van der Waals surface area contributed by atoms with Crippen LogP contribution in [0.15, 0.2) is 35.8 Å². The Morgan fingerprint density at radius 1 is 1.20 bits per heavy atom. The monoisotopic (exact) mass is 365 g/mol. The highest BCUT2D eigenvalue weighted by molar-refractivity contribution is 7.13. The van der Waals surface area contributed by atoms with Crippen LogP contribution >= 0.6 is 11.3 Å². The Kier molecular flexibility index (Phi) is 4.95. The summed E-state index contributed by atoms with van der Waals surface area (Å²) in [4.78, 5) is 20.1. The molecule has 25 heavy (non-hydrogen) atoms. The van der Waals surface area contributed by atoms with Gasteiger partial charge in [-0.05, 0) is 18.2 Å². The summed E-state index contributed by atoms with van der Waals surface area (Å²) < 4.78 is 38.0. The van der Waals surface area contributed by atoms with Crippen molar-refractivity contribution in [1.82, 2.24) is 9.88 Å². The molecule has 1 saturated heterocycles. The Morgan fingerprint density at radius 2 is 1.96 bits per heavy atom. The number of aromatic nitrogens is 1. The molecule has 0 saturated carbocycles. The third-order valence-corrected chi connectivity index (χ3v) is 4.59. The first-order valence-corrected chi connectivity index (χ1v) is 8.44. The lowest BCUT2D eigenvalue weighted by Crippen LogP contribution is -2.48. The number of hydrogen-bond donors (Lipinski definition) is 0. The van der Waals surface area contributed by atoms with Crippen LogP contribution in [0.5, 0.6) is 0 Å². The third-order valence-electron chi connectivity index (χ3n) is 3.76. The van der Waals surface area contributed by atoms with E-state index in [0.29, 0.717) is 26.2 Å². The molecular weight excluding hydrogens is 351 g/mol. The van der Waals surface area contributed by atoms with Gasteiger partial charge in [-0.2, -0.15) is 13.2 Å². The van der Waals surface area contributed by atoms with Crippen LogP contribution in [0.3, 0.4) is 0 Å². The zero-order chi connectivity index (χ0) is 17.9. The predicted molar refractivity (Wildman–Crippen MR) is 89.2 cm³/mol. The molecule has 1 aliphatic rings. The van der Waals surface area contributed by atoms with Crippen molar-refractivity contribution in [1.29, 1.82) is 0 Å². The van der Waals surface area contributed by atoms with Gasteiger partial charge >= 0.3 is 6.18 Å². The molecule has 0 atom stereocenters. The average molecular weight is 365 g/mol. The third kappa shape index (κ3) is 4.31. The molecule has 8 heteroatoms. The normalized spacial score (nSPS) is 14.8. The number of nitrogens with zero attached hydrogens (tertiary/aromatic N) is 3. The minimum Gasteiger partial charge on any atom is -0.345 e. The molecule has 1 fully saturated rings. The molecule has 1 aromatic carbocycles. The molecule has 2 heterocycles. The molecule has 1 amide bonds. The summed E-state index contributed by atoms with van der Waals surface area (Å²) in [5.41, 5.74) is -0.603. The lowest BCUT2D eigenvalue weighted by atomic mass is 10.1. The van der Waals surface area contributed by atoms with Gasteiger partial charge in [0.05, 0.1) is 5.56 Å². The van der Waals surface area contributed by atoms with Gasteiger partial charge in [-0.15, -0.1) is 11.3 Å². The standard InChI is InChI=1S/C17H14F3N3OS/c18-17(19,20)14-3-1-2-13(12-14)4-5-15(24)22-7-9-23(10-8-22)16-21-6-11-25-16/h1-3,6,11-12H,7-10H2. The van der Waals surface area contributed by atoms with E-state index in [-0.39, 0.29) is 11.5 Å². The number of carbonyl (C=O) groups excluding carboxylic acids is 1. The van der Waals surface area contributed by atoms with Gasteiger partial charge in [0.15, 0.2) is 5.13 Å². The van der Waals surface area contributed by atoms with Crippen molar-refractivity contribution in [3.63, 3.8) is 0 Å². The predicted octanol–water partition coefficient (Wildman–Crippen LogP) is 2.86. The van der Waals surface area contributed by atoms with E-state index in [9.17, 15) is 18.0 Å². The maximum Gasteiger partial charge on any atom is 0.416 e. The fraction of sp³-hybridized carbons (Fsp3) is 0.294. The van der Waals surface area contributed by atoms with Crippen LogP contribution in [0.1, 0.15) is 11.1 Å². The minimum atomic E-state index is -4.42. The fourth-order valence-electron chi connectivity index (χ4n) is 2.45. The highest BCUT2D eigenvalue weighted by atomic mass is 32.1. The molecule has 0 aliphatic carbocycles. The van der Waals surface area contributed by atoms with Crippen LogP contribution in [0.2, 0.25) is 0 Å². The highest BCUT2D eigenvalue weighted by Gasteiger charge is 2.30. The molecule has 1 aromatic heterocycles. The summed E-state index contributed by atoms with van der Waals surface area (Å²) in [6.07, 6.45) is -2.69. The molecule has 0 spiro atoms. The molecule has 0 radical (unpaired) electrons. The first kappa shape index (κ1) is 17.3. The van der Waals surface area contributed by atoms with Crippen molar-refractivity contribution in [3.05, 3.63) is 47.0 Å². The number of hydrogen-bond acceptors (Lipinski definition) is 4. The van der Waals surface area contributed by atoms with Crippen molar-refractivity contribution in [2.45, 2.75) is 6.18 Å². The molecule has 0 N–H and O–H groups in total. The second kappa shape index (κ2) is 7.15. The molecule has 130 valence electrons. The number of alkyl halides is 3. The smallest absolute Gasteiger partial charge is 0.345 e. The number of carbonyl (C=O) groups is 1. The van der Waals surface area contributed by atoms with Gasteiger partial charge in [0, 0.05) is 49.2 Å². The second-order valence-corrected chi connectivity index (χ2v) is 6.30. The topological polar surface area (TPSA) is 36.4 Å². The van der Waals surface area contributed by atoms with Gasteiger partial charge in [-0.1, -0.05) is 12.0 Å². The molecule has 4 nitrogen and oxygen atoms in total. The van der Waals surface area contributed by atoms with Crippen molar-refractivity contribution in [3.8, 4) is 11.8 Å². The van der Waals surface area contributed by atoms with Crippen molar-refractivity contribution >= 4 is 22.4 Å². The van der Waals surface area contributed by atoms with Gasteiger partial charge in [-0.25, -0.2) is 4.98 Å². The van der Waals surface area contributed by atoms with Gasteiger partial charge < -0.3 is 9.80 Å². The number of amides is 1. The van der Waals surface area contributed by atoms with Gasteiger partial charge in [0.2, 0.25) is 0 Å². The SMILES string of the molecule is O=C(C#Cc1cccc(C(F)(F)F)c1)N1CCN(c2nccs2)CC1. The minimum absolute atomic E-state index is 0.171. The van der Waals surface area contributed by atoms with Crippen LogP contribution in [-0.2, 0) is 11.0 Å². The summed E-state index contributed by atoms with van der Waals surface area (Å²) in [7, 11) is 0. The van der Waals surface area contributed by atoms with E-state index in [1.165, 1.54) is 12.1 Å². The Balaban J connectivity index is 1.62. The quantitative estimate of drug-likeness (QED) is 0.730. The zero-order valence-electron chi connectivity index (χ0n) is 13.1. The first-order chi connectivity index (χ1) is 11.9. The van der Waals surface area contributed by atoms with Crippen LogP contribution in [-0.4, -0.2) is 42.0 Å². The van der Waals surface area contributed by atoms with Gasteiger partial charge in [0.1, 0.15) is 0 Å². The van der Waals surface area contributed by atoms with Crippen LogP contribution in [0, 0.1) is 11.8 Å². The number of benzene rings is 1. The van der Waals surface area contributed by atoms with Crippen LogP contribution in [0.4, 0.5) is 18.3 Å². The maximum absolute atomic E-state index is 12.7. The lowest BCUT2D eigenvalue weighted by Gasteiger charge is -2.33.